The minimum absolute atomic E-state index is 0.109. The largest absolute Gasteiger partial charge is 0.497 e. The Balaban J connectivity index is 1.70. The van der Waals surface area contributed by atoms with Gasteiger partial charge in [-0.1, -0.05) is 26.0 Å². The molecule has 1 atom stereocenters. The highest BCUT2D eigenvalue weighted by Crippen LogP contribution is 2.36. The molecule has 2 aromatic carbocycles. The number of ether oxygens (including phenoxy) is 2. The van der Waals surface area contributed by atoms with Gasteiger partial charge < -0.3 is 19.7 Å². The van der Waals surface area contributed by atoms with Crippen LogP contribution in [0.15, 0.2) is 42.5 Å². The molecule has 0 bridgehead atoms. The maximum Gasteiger partial charge on any atom is 0.229 e. The van der Waals surface area contributed by atoms with Gasteiger partial charge in [0.1, 0.15) is 11.5 Å². The molecule has 2 amide bonds. The first-order valence-corrected chi connectivity index (χ1v) is 10.6. The maximum absolute atomic E-state index is 12.9. The molecule has 2 aromatic rings. The van der Waals surface area contributed by atoms with Gasteiger partial charge in [0.25, 0.3) is 0 Å². The summed E-state index contributed by atoms with van der Waals surface area (Å²) in [6.45, 7) is 7.35. The van der Waals surface area contributed by atoms with E-state index in [1.54, 1.807) is 37.3 Å². The van der Waals surface area contributed by atoms with Crippen molar-refractivity contribution in [1.82, 2.24) is 4.90 Å². The first-order chi connectivity index (χ1) is 15.0. The first-order valence-electron chi connectivity index (χ1n) is 10.6. The summed E-state index contributed by atoms with van der Waals surface area (Å²) >= 11 is 0. The van der Waals surface area contributed by atoms with Crippen molar-refractivity contribution in [1.29, 1.82) is 0 Å². The molecule has 1 aliphatic rings. The fourth-order valence-corrected chi connectivity index (χ4v) is 3.82. The quantitative estimate of drug-likeness (QED) is 0.665. The zero-order chi connectivity index (χ0) is 22.4. The average Bonchev–Trinajstić information content (AvgIpc) is 3.18. The second-order valence-electron chi connectivity index (χ2n) is 7.59. The van der Waals surface area contributed by atoms with Crippen molar-refractivity contribution in [2.45, 2.75) is 26.8 Å². The summed E-state index contributed by atoms with van der Waals surface area (Å²) in [4.78, 5) is 29.5. The number of hydrogen-bond donors (Lipinski definition) is 1. The van der Waals surface area contributed by atoms with E-state index in [0.717, 1.165) is 30.9 Å². The number of amides is 2. The van der Waals surface area contributed by atoms with Crippen LogP contribution >= 0.6 is 0 Å². The van der Waals surface area contributed by atoms with Crippen LogP contribution in [0.3, 0.4) is 0 Å². The van der Waals surface area contributed by atoms with E-state index in [4.69, 9.17) is 9.47 Å². The third kappa shape index (κ3) is 5.35. The van der Waals surface area contributed by atoms with Gasteiger partial charge in [0.2, 0.25) is 11.8 Å². The van der Waals surface area contributed by atoms with E-state index in [9.17, 15) is 9.59 Å². The minimum atomic E-state index is -0.435. The zero-order valence-electron chi connectivity index (χ0n) is 18.7. The van der Waals surface area contributed by atoms with Crippen molar-refractivity contribution in [2.75, 3.05) is 44.1 Å². The second kappa shape index (κ2) is 10.3. The smallest absolute Gasteiger partial charge is 0.229 e. The Kier molecular flexibility index (Phi) is 7.52. The molecule has 1 aliphatic heterocycles. The van der Waals surface area contributed by atoms with Gasteiger partial charge >= 0.3 is 0 Å². The number of carbonyl (C=O) groups is 2. The number of nitrogens with zero attached hydrogens (tertiary/aromatic N) is 2. The van der Waals surface area contributed by atoms with Crippen molar-refractivity contribution in [2.24, 2.45) is 5.92 Å². The predicted molar refractivity (Wildman–Crippen MR) is 122 cm³/mol. The van der Waals surface area contributed by atoms with E-state index < -0.39 is 5.92 Å². The van der Waals surface area contributed by atoms with Crippen molar-refractivity contribution in [3.63, 3.8) is 0 Å². The fourth-order valence-electron chi connectivity index (χ4n) is 3.82. The zero-order valence-corrected chi connectivity index (χ0v) is 18.7. The number of anilines is 2. The summed E-state index contributed by atoms with van der Waals surface area (Å²) < 4.78 is 10.7. The molecule has 1 unspecified atom stereocenters. The maximum atomic E-state index is 12.9. The van der Waals surface area contributed by atoms with E-state index >= 15 is 0 Å². The van der Waals surface area contributed by atoms with Gasteiger partial charge in [-0.3, -0.25) is 14.5 Å². The van der Waals surface area contributed by atoms with Gasteiger partial charge in [0.05, 0.1) is 25.8 Å². The van der Waals surface area contributed by atoms with Crippen LogP contribution in [-0.2, 0) is 16.1 Å². The standard InChI is InChI=1S/C24H31N3O4/c1-5-26(6-2)15-17-8-7-9-19(12-17)25-24(29)18-13-23(28)27(16-18)21-14-20(30-3)10-11-22(21)31-4/h7-12,14,18H,5-6,13,15-16H2,1-4H3,(H,25,29). The highest BCUT2D eigenvalue weighted by atomic mass is 16.5. The van der Waals surface area contributed by atoms with Gasteiger partial charge in [-0.25, -0.2) is 0 Å². The summed E-state index contributed by atoms with van der Waals surface area (Å²) in [6.07, 6.45) is 0.158. The molecule has 1 fully saturated rings. The summed E-state index contributed by atoms with van der Waals surface area (Å²) in [6, 6.07) is 13.2. The minimum Gasteiger partial charge on any atom is -0.497 e. The van der Waals surface area contributed by atoms with E-state index in [1.807, 2.05) is 18.2 Å². The number of rotatable bonds is 9. The molecule has 0 saturated carbocycles. The first kappa shape index (κ1) is 22.6. The molecular formula is C24H31N3O4. The van der Waals surface area contributed by atoms with E-state index in [1.165, 1.54) is 0 Å². The van der Waals surface area contributed by atoms with Crippen molar-refractivity contribution in [3.8, 4) is 11.5 Å². The lowest BCUT2D eigenvalue weighted by Crippen LogP contribution is -2.28. The molecular weight excluding hydrogens is 394 g/mol. The normalized spacial score (nSPS) is 16.0. The van der Waals surface area contributed by atoms with Gasteiger partial charge in [0, 0.05) is 31.3 Å². The molecule has 0 spiro atoms. The Bertz CT molecular complexity index is 927. The summed E-state index contributed by atoms with van der Waals surface area (Å²) in [5.41, 5.74) is 2.51. The lowest BCUT2D eigenvalue weighted by molar-refractivity contribution is -0.122. The molecule has 7 heteroatoms. The lowest BCUT2D eigenvalue weighted by Gasteiger charge is -2.20. The van der Waals surface area contributed by atoms with Crippen LogP contribution in [0.4, 0.5) is 11.4 Å². The van der Waals surface area contributed by atoms with Gasteiger partial charge in [-0.2, -0.15) is 0 Å². The molecule has 3 rings (SSSR count). The fraction of sp³-hybridized carbons (Fsp3) is 0.417. The molecule has 1 saturated heterocycles. The van der Waals surface area contributed by atoms with E-state index in [0.29, 0.717) is 23.7 Å². The van der Waals surface area contributed by atoms with Crippen molar-refractivity contribution >= 4 is 23.2 Å². The number of nitrogens with one attached hydrogen (secondary N) is 1. The molecule has 166 valence electrons. The van der Waals surface area contributed by atoms with Gasteiger partial charge in [-0.05, 0) is 42.9 Å². The van der Waals surface area contributed by atoms with Crippen LogP contribution in [0, 0.1) is 5.92 Å². The highest BCUT2D eigenvalue weighted by Gasteiger charge is 2.36. The number of carbonyl (C=O) groups excluding carboxylic acids is 2. The number of methoxy groups -OCH3 is 2. The summed E-state index contributed by atoms with van der Waals surface area (Å²) in [5, 5.41) is 2.98. The SMILES string of the molecule is CCN(CC)Cc1cccc(NC(=O)C2CC(=O)N(c3cc(OC)ccc3OC)C2)c1. The van der Waals surface area contributed by atoms with E-state index in [-0.39, 0.29) is 18.2 Å². The molecule has 31 heavy (non-hydrogen) atoms. The predicted octanol–water partition coefficient (Wildman–Crippen LogP) is 3.54. The Morgan fingerprint density at radius 3 is 2.58 bits per heavy atom. The lowest BCUT2D eigenvalue weighted by atomic mass is 10.1. The molecule has 1 heterocycles. The average molecular weight is 426 g/mol. The van der Waals surface area contributed by atoms with E-state index in [2.05, 4.69) is 30.1 Å². The molecule has 0 radical (unpaired) electrons. The third-order valence-electron chi connectivity index (χ3n) is 5.67. The monoisotopic (exact) mass is 425 g/mol. The molecule has 0 aliphatic carbocycles. The van der Waals surface area contributed by atoms with Crippen LogP contribution < -0.4 is 19.7 Å². The Morgan fingerprint density at radius 1 is 1.13 bits per heavy atom. The van der Waals surface area contributed by atoms with Crippen LogP contribution in [-0.4, -0.2) is 50.6 Å². The second-order valence-corrected chi connectivity index (χ2v) is 7.59. The van der Waals surface area contributed by atoms with Crippen LogP contribution in [0.2, 0.25) is 0 Å². The Labute approximate surface area is 183 Å². The highest BCUT2D eigenvalue weighted by molar-refractivity contribution is 6.04. The topological polar surface area (TPSA) is 71.1 Å². The van der Waals surface area contributed by atoms with Crippen LogP contribution in [0.5, 0.6) is 11.5 Å². The molecule has 7 nitrogen and oxygen atoms in total. The number of hydrogen-bond acceptors (Lipinski definition) is 5. The van der Waals surface area contributed by atoms with Crippen LogP contribution in [0.25, 0.3) is 0 Å². The number of benzene rings is 2. The summed E-state index contributed by atoms with van der Waals surface area (Å²) in [5.74, 6) is 0.496. The third-order valence-corrected chi connectivity index (χ3v) is 5.67. The molecule has 1 N–H and O–H groups in total. The van der Waals surface area contributed by atoms with Gasteiger partial charge in [-0.15, -0.1) is 0 Å². The Morgan fingerprint density at radius 2 is 1.90 bits per heavy atom. The molecule has 0 aromatic heterocycles. The van der Waals surface area contributed by atoms with Crippen molar-refractivity contribution in [3.05, 3.63) is 48.0 Å². The summed E-state index contributed by atoms with van der Waals surface area (Å²) in [7, 11) is 3.13. The van der Waals surface area contributed by atoms with Crippen molar-refractivity contribution < 1.29 is 19.1 Å². The van der Waals surface area contributed by atoms with Crippen LogP contribution in [0.1, 0.15) is 25.8 Å². The Hall–Kier alpha value is -3.06. The van der Waals surface area contributed by atoms with Gasteiger partial charge in [0.15, 0.2) is 0 Å².